The van der Waals surface area contributed by atoms with Crippen molar-refractivity contribution in [1.82, 2.24) is 10.6 Å². The molecule has 3 rings (SSSR count). The lowest BCUT2D eigenvalue weighted by atomic mass is 10.0. The molecule has 2 aromatic carbocycles. The maximum absolute atomic E-state index is 9.73. The molecule has 0 aromatic heterocycles. The van der Waals surface area contributed by atoms with E-state index in [1.807, 2.05) is 36.4 Å². The second-order valence-electron chi connectivity index (χ2n) is 7.66. The summed E-state index contributed by atoms with van der Waals surface area (Å²) in [6.45, 7) is 5.79. The number of aliphatic hydroxyl groups is 1. The smallest absolute Gasteiger partial charge is 0.191 e. The number of nitrogens with one attached hydrogen (secondary N) is 2. The number of aryl methyl sites for hydroxylation is 1. The van der Waals surface area contributed by atoms with Crippen LogP contribution in [0.2, 0.25) is 5.02 Å². The highest BCUT2D eigenvalue weighted by atomic mass is 127. The summed E-state index contributed by atoms with van der Waals surface area (Å²) in [6, 6.07) is 16.2. The summed E-state index contributed by atoms with van der Waals surface area (Å²) >= 11 is 6.19. The van der Waals surface area contributed by atoms with Crippen LogP contribution in [0.25, 0.3) is 0 Å². The van der Waals surface area contributed by atoms with Gasteiger partial charge in [0.2, 0.25) is 0 Å². The third-order valence-corrected chi connectivity index (χ3v) is 5.82. The van der Waals surface area contributed by atoms with Gasteiger partial charge in [-0.25, -0.2) is 0 Å². The van der Waals surface area contributed by atoms with Gasteiger partial charge in [0.15, 0.2) is 5.96 Å². The lowest BCUT2D eigenvalue weighted by Gasteiger charge is -2.22. The second kappa shape index (κ2) is 12.4. The van der Waals surface area contributed by atoms with Gasteiger partial charge in [0.05, 0.1) is 6.61 Å². The Bertz CT molecular complexity index is 818. The Kier molecular flexibility index (Phi) is 10.2. The van der Waals surface area contributed by atoms with E-state index in [1.165, 1.54) is 11.3 Å². The molecule has 1 aliphatic rings. The van der Waals surface area contributed by atoms with Crippen LogP contribution >= 0.6 is 35.6 Å². The first-order valence-corrected chi connectivity index (χ1v) is 10.6. The summed E-state index contributed by atoms with van der Waals surface area (Å²) in [5.41, 5.74) is 3.62. The van der Waals surface area contributed by atoms with Gasteiger partial charge in [-0.05, 0) is 42.5 Å². The molecule has 0 saturated carbocycles. The number of anilines is 1. The van der Waals surface area contributed by atoms with Gasteiger partial charge in [0, 0.05) is 49.9 Å². The molecular weight excluding hydrogens is 511 g/mol. The lowest BCUT2D eigenvalue weighted by molar-refractivity contribution is 0.265. The molecule has 0 aliphatic carbocycles. The van der Waals surface area contributed by atoms with Gasteiger partial charge in [0.1, 0.15) is 0 Å². The van der Waals surface area contributed by atoms with Gasteiger partial charge in [-0.1, -0.05) is 48.0 Å². The Balaban J connectivity index is 0.00000320. The fourth-order valence-electron chi connectivity index (χ4n) is 3.84. The van der Waals surface area contributed by atoms with Gasteiger partial charge in [-0.3, -0.25) is 4.99 Å². The molecule has 1 heterocycles. The zero-order valence-electron chi connectivity index (χ0n) is 17.6. The Morgan fingerprint density at radius 3 is 2.70 bits per heavy atom. The first kappa shape index (κ1) is 24.8. The summed E-state index contributed by atoms with van der Waals surface area (Å²) in [5, 5.41) is 17.3. The average Bonchev–Trinajstić information content (AvgIpc) is 3.22. The fraction of sp³-hybridized carbons (Fsp3) is 0.435. The van der Waals surface area contributed by atoms with E-state index in [-0.39, 0.29) is 36.5 Å². The molecule has 164 valence electrons. The van der Waals surface area contributed by atoms with E-state index in [4.69, 9.17) is 11.6 Å². The molecule has 2 unspecified atom stereocenters. The molecule has 1 saturated heterocycles. The number of aliphatic imine (C=N–C) groups is 1. The number of hydrogen-bond donors (Lipinski definition) is 3. The van der Waals surface area contributed by atoms with Crippen LogP contribution in [0, 0.1) is 12.8 Å². The number of nitrogens with zero attached hydrogens (tertiary/aromatic N) is 2. The van der Waals surface area contributed by atoms with Crippen molar-refractivity contribution in [2.75, 3.05) is 44.7 Å². The minimum Gasteiger partial charge on any atom is -0.396 e. The molecule has 0 radical (unpaired) electrons. The molecule has 5 nitrogen and oxygen atoms in total. The van der Waals surface area contributed by atoms with Crippen LogP contribution in [0.5, 0.6) is 0 Å². The number of halogens is 2. The van der Waals surface area contributed by atoms with Gasteiger partial charge in [-0.15, -0.1) is 24.0 Å². The topological polar surface area (TPSA) is 59.9 Å². The van der Waals surface area contributed by atoms with E-state index in [1.54, 1.807) is 7.05 Å². The number of rotatable bonds is 7. The first-order valence-electron chi connectivity index (χ1n) is 10.2. The first-order chi connectivity index (χ1) is 14.1. The lowest BCUT2D eigenvalue weighted by Crippen LogP contribution is -2.42. The second-order valence-corrected chi connectivity index (χ2v) is 8.09. The maximum atomic E-state index is 9.73. The zero-order chi connectivity index (χ0) is 20.6. The molecule has 0 spiro atoms. The van der Waals surface area contributed by atoms with Crippen molar-refractivity contribution >= 4 is 47.2 Å². The average molecular weight is 543 g/mol. The molecule has 1 fully saturated rings. The normalized spacial score (nSPS) is 17.4. The molecule has 3 N–H and O–H groups in total. The maximum Gasteiger partial charge on any atom is 0.191 e. The molecule has 2 aromatic rings. The van der Waals surface area contributed by atoms with Crippen LogP contribution in [0.4, 0.5) is 5.69 Å². The van der Waals surface area contributed by atoms with Crippen molar-refractivity contribution < 1.29 is 5.11 Å². The van der Waals surface area contributed by atoms with Crippen LogP contribution in [0.1, 0.15) is 23.5 Å². The van der Waals surface area contributed by atoms with E-state index >= 15 is 0 Å². The van der Waals surface area contributed by atoms with Crippen molar-refractivity contribution in [3.05, 3.63) is 64.7 Å². The predicted molar refractivity (Wildman–Crippen MR) is 138 cm³/mol. The quantitative estimate of drug-likeness (QED) is 0.281. The Morgan fingerprint density at radius 1 is 1.23 bits per heavy atom. The highest BCUT2D eigenvalue weighted by Gasteiger charge is 2.24. The largest absolute Gasteiger partial charge is 0.396 e. The molecular formula is C23H32ClIN4O. The van der Waals surface area contributed by atoms with Crippen molar-refractivity contribution in [1.29, 1.82) is 0 Å². The molecule has 1 aliphatic heterocycles. The van der Waals surface area contributed by atoms with E-state index in [0.717, 1.165) is 42.6 Å². The van der Waals surface area contributed by atoms with Gasteiger partial charge in [-0.2, -0.15) is 0 Å². The minimum atomic E-state index is 0. The molecule has 7 heteroatoms. The SMILES string of the molecule is CN=C(NCC1CCN(c2cc(Cl)ccc2C)C1)NCC(CO)c1ccccc1.I. The minimum absolute atomic E-state index is 0. The Hall–Kier alpha value is -1.51. The number of hydrogen-bond acceptors (Lipinski definition) is 3. The molecule has 0 amide bonds. The van der Waals surface area contributed by atoms with Crippen LogP contribution in [-0.2, 0) is 0 Å². The van der Waals surface area contributed by atoms with Gasteiger partial charge >= 0.3 is 0 Å². The summed E-state index contributed by atoms with van der Waals surface area (Å²) in [4.78, 5) is 6.75. The standard InChI is InChI=1S/C23H31ClN4O.HI/c1-17-8-9-21(24)12-22(17)28-11-10-18(15-28)13-26-23(25-2)27-14-20(16-29)19-6-4-3-5-7-19;/h3-9,12,18,20,29H,10-11,13-16H2,1-2H3,(H2,25,26,27);1H. The number of aliphatic hydroxyl groups excluding tert-OH is 1. The van der Waals surface area contributed by atoms with Crippen LogP contribution in [-0.4, -0.2) is 50.9 Å². The summed E-state index contributed by atoms with van der Waals surface area (Å²) in [5.74, 6) is 1.37. The number of guanidine groups is 1. The van der Waals surface area contributed by atoms with E-state index < -0.39 is 0 Å². The van der Waals surface area contributed by atoms with Crippen molar-refractivity contribution in [3.63, 3.8) is 0 Å². The van der Waals surface area contributed by atoms with Gasteiger partial charge < -0.3 is 20.6 Å². The summed E-state index contributed by atoms with van der Waals surface area (Å²) in [6.07, 6.45) is 1.14. The third-order valence-electron chi connectivity index (χ3n) is 5.59. The van der Waals surface area contributed by atoms with E-state index in [0.29, 0.717) is 12.5 Å². The van der Waals surface area contributed by atoms with Crippen molar-refractivity contribution in [2.24, 2.45) is 10.9 Å². The van der Waals surface area contributed by atoms with Crippen LogP contribution in [0.3, 0.4) is 0 Å². The summed E-state index contributed by atoms with van der Waals surface area (Å²) < 4.78 is 0. The van der Waals surface area contributed by atoms with Crippen molar-refractivity contribution in [2.45, 2.75) is 19.3 Å². The van der Waals surface area contributed by atoms with Crippen LogP contribution in [0.15, 0.2) is 53.5 Å². The Labute approximate surface area is 201 Å². The monoisotopic (exact) mass is 542 g/mol. The van der Waals surface area contributed by atoms with Gasteiger partial charge in [0.25, 0.3) is 0 Å². The highest BCUT2D eigenvalue weighted by Crippen LogP contribution is 2.29. The Morgan fingerprint density at radius 2 is 2.00 bits per heavy atom. The fourth-order valence-corrected chi connectivity index (χ4v) is 4.00. The molecule has 2 atom stereocenters. The van der Waals surface area contributed by atoms with E-state index in [2.05, 4.69) is 39.6 Å². The van der Waals surface area contributed by atoms with E-state index in [9.17, 15) is 5.11 Å². The zero-order valence-corrected chi connectivity index (χ0v) is 20.7. The number of benzene rings is 2. The summed E-state index contributed by atoms with van der Waals surface area (Å²) in [7, 11) is 1.78. The highest BCUT2D eigenvalue weighted by molar-refractivity contribution is 14.0. The van der Waals surface area contributed by atoms with Crippen LogP contribution < -0.4 is 15.5 Å². The molecule has 0 bridgehead atoms. The molecule has 30 heavy (non-hydrogen) atoms. The third kappa shape index (κ3) is 6.75. The predicted octanol–water partition coefficient (Wildman–Crippen LogP) is 4.03. The van der Waals surface area contributed by atoms with Crippen molar-refractivity contribution in [3.8, 4) is 0 Å².